The molecule has 0 bridgehead atoms. The second-order valence-corrected chi connectivity index (χ2v) is 6.68. The molecule has 2 aromatic heterocycles. The van der Waals surface area contributed by atoms with Gasteiger partial charge in [-0.2, -0.15) is 24.7 Å². The van der Waals surface area contributed by atoms with Crippen molar-refractivity contribution in [3.63, 3.8) is 0 Å². The van der Waals surface area contributed by atoms with Gasteiger partial charge in [0.15, 0.2) is 0 Å². The predicted molar refractivity (Wildman–Crippen MR) is 79.5 cm³/mol. The number of anilines is 1. The SMILES string of the molecule is CC(C)(C)C1CCN(c2nc(Cl)nc(-n3cncn3)n2)C1. The molecule has 0 saturated carbocycles. The summed E-state index contributed by atoms with van der Waals surface area (Å²) in [4.78, 5) is 18.8. The molecule has 7 nitrogen and oxygen atoms in total. The summed E-state index contributed by atoms with van der Waals surface area (Å²) in [5.74, 6) is 1.61. The molecule has 8 heteroatoms. The third-order valence-corrected chi connectivity index (χ3v) is 4.07. The molecule has 0 spiro atoms. The molecular weight excluding hydrogens is 290 g/mol. The fourth-order valence-electron chi connectivity index (χ4n) is 2.53. The highest BCUT2D eigenvalue weighted by molar-refractivity contribution is 6.28. The van der Waals surface area contributed by atoms with Crippen molar-refractivity contribution in [1.82, 2.24) is 29.7 Å². The first kappa shape index (κ1) is 14.2. The predicted octanol–water partition coefficient (Wildman–Crippen LogP) is 1.98. The van der Waals surface area contributed by atoms with E-state index in [-0.39, 0.29) is 10.7 Å². The molecule has 0 amide bonds. The Morgan fingerprint density at radius 1 is 1.19 bits per heavy atom. The summed E-state index contributed by atoms with van der Waals surface area (Å²) in [6, 6.07) is 0. The Balaban J connectivity index is 1.87. The molecule has 0 radical (unpaired) electrons. The van der Waals surface area contributed by atoms with Crippen LogP contribution in [0.5, 0.6) is 0 Å². The van der Waals surface area contributed by atoms with Gasteiger partial charge < -0.3 is 4.90 Å². The molecular formula is C13H18ClN7. The molecule has 3 heterocycles. The van der Waals surface area contributed by atoms with Crippen molar-refractivity contribution < 1.29 is 0 Å². The van der Waals surface area contributed by atoms with E-state index in [2.05, 4.69) is 50.7 Å². The van der Waals surface area contributed by atoms with E-state index in [1.54, 1.807) is 0 Å². The van der Waals surface area contributed by atoms with Crippen molar-refractivity contribution >= 4 is 17.5 Å². The van der Waals surface area contributed by atoms with E-state index >= 15 is 0 Å². The number of hydrogen-bond donors (Lipinski definition) is 0. The van der Waals surface area contributed by atoms with E-state index in [9.17, 15) is 0 Å². The van der Waals surface area contributed by atoms with Crippen molar-refractivity contribution in [2.24, 2.45) is 11.3 Å². The van der Waals surface area contributed by atoms with Crippen LogP contribution < -0.4 is 4.90 Å². The molecule has 1 aliphatic rings. The van der Waals surface area contributed by atoms with Gasteiger partial charge in [-0.1, -0.05) is 20.8 Å². The van der Waals surface area contributed by atoms with Gasteiger partial charge in [-0.3, -0.25) is 0 Å². The highest BCUT2D eigenvalue weighted by atomic mass is 35.5. The monoisotopic (exact) mass is 307 g/mol. The minimum Gasteiger partial charge on any atom is -0.340 e. The molecule has 1 saturated heterocycles. The normalized spacial score (nSPS) is 19.2. The number of aromatic nitrogens is 6. The van der Waals surface area contributed by atoms with Gasteiger partial charge in [-0.25, -0.2) is 4.98 Å². The second-order valence-electron chi connectivity index (χ2n) is 6.34. The van der Waals surface area contributed by atoms with Crippen LogP contribution in [0.1, 0.15) is 27.2 Å². The van der Waals surface area contributed by atoms with Crippen molar-refractivity contribution in [3.05, 3.63) is 17.9 Å². The Kier molecular flexibility index (Phi) is 3.52. The quantitative estimate of drug-likeness (QED) is 0.844. The molecule has 1 unspecified atom stereocenters. The van der Waals surface area contributed by atoms with Crippen LogP contribution in [0.3, 0.4) is 0 Å². The molecule has 0 aromatic carbocycles. The first-order valence-electron chi connectivity index (χ1n) is 6.95. The zero-order valence-corrected chi connectivity index (χ0v) is 13.1. The van der Waals surface area contributed by atoms with E-state index in [4.69, 9.17) is 11.6 Å². The topological polar surface area (TPSA) is 72.6 Å². The lowest BCUT2D eigenvalue weighted by Gasteiger charge is -2.26. The summed E-state index contributed by atoms with van der Waals surface area (Å²) in [7, 11) is 0. The van der Waals surface area contributed by atoms with Gasteiger partial charge in [0.25, 0.3) is 5.95 Å². The average molecular weight is 308 g/mol. The van der Waals surface area contributed by atoms with E-state index in [0.29, 0.717) is 17.8 Å². The first-order valence-corrected chi connectivity index (χ1v) is 7.33. The molecule has 2 aromatic rings. The van der Waals surface area contributed by atoms with Crippen LogP contribution in [0, 0.1) is 11.3 Å². The van der Waals surface area contributed by atoms with Crippen LogP contribution in [0.15, 0.2) is 12.7 Å². The lowest BCUT2D eigenvalue weighted by atomic mass is 9.80. The Labute approximate surface area is 128 Å². The zero-order chi connectivity index (χ0) is 15.0. The van der Waals surface area contributed by atoms with Crippen molar-refractivity contribution in [2.75, 3.05) is 18.0 Å². The fourth-order valence-corrected chi connectivity index (χ4v) is 2.68. The lowest BCUT2D eigenvalue weighted by molar-refractivity contribution is 0.263. The Morgan fingerprint density at radius 2 is 1.95 bits per heavy atom. The van der Waals surface area contributed by atoms with Gasteiger partial charge >= 0.3 is 0 Å². The Bertz CT molecular complexity index is 620. The van der Waals surface area contributed by atoms with Gasteiger partial charge in [-0.05, 0) is 29.4 Å². The third kappa shape index (κ3) is 2.97. The highest BCUT2D eigenvalue weighted by Crippen LogP contribution is 2.34. The Hall–Kier alpha value is -1.76. The van der Waals surface area contributed by atoms with Gasteiger partial charge in [-0.15, -0.1) is 0 Å². The fraction of sp³-hybridized carbons (Fsp3) is 0.615. The molecule has 1 fully saturated rings. The van der Waals surface area contributed by atoms with E-state index in [1.807, 2.05) is 0 Å². The number of rotatable bonds is 2. The van der Waals surface area contributed by atoms with Crippen LogP contribution in [-0.4, -0.2) is 42.8 Å². The van der Waals surface area contributed by atoms with Crippen LogP contribution in [-0.2, 0) is 0 Å². The zero-order valence-electron chi connectivity index (χ0n) is 12.4. The number of halogens is 1. The van der Waals surface area contributed by atoms with Gasteiger partial charge in [0, 0.05) is 13.1 Å². The van der Waals surface area contributed by atoms with Crippen molar-refractivity contribution in [2.45, 2.75) is 27.2 Å². The molecule has 112 valence electrons. The summed E-state index contributed by atoms with van der Waals surface area (Å²) in [5.41, 5.74) is 0.278. The van der Waals surface area contributed by atoms with Gasteiger partial charge in [0.05, 0.1) is 0 Å². The number of nitrogens with zero attached hydrogens (tertiary/aromatic N) is 7. The molecule has 0 aliphatic carbocycles. The molecule has 1 atom stereocenters. The maximum Gasteiger partial charge on any atom is 0.258 e. The minimum absolute atomic E-state index is 0.171. The van der Waals surface area contributed by atoms with Crippen LogP contribution >= 0.6 is 11.6 Å². The third-order valence-electron chi connectivity index (χ3n) is 3.90. The van der Waals surface area contributed by atoms with Crippen molar-refractivity contribution in [1.29, 1.82) is 0 Å². The average Bonchev–Trinajstić information content (AvgIpc) is 3.09. The van der Waals surface area contributed by atoms with Crippen molar-refractivity contribution in [3.8, 4) is 5.95 Å². The molecule has 0 N–H and O–H groups in total. The standard InChI is InChI=1S/C13H18ClN7/c1-13(2,3)9-4-5-20(6-9)11-17-10(14)18-12(19-11)21-8-15-7-16-21/h7-9H,4-6H2,1-3H3. The summed E-state index contributed by atoms with van der Waals surface area (Å²) >= 11 is 6.02. The van der Waals surface area contributed by atoms with E-state index in [1.165, 1.54) is 17.3 Å². The summed E-state index contributed by atoms with van der Waals surface area (Å²) in [6.07, 6.45) is 4.10. The Morgan fingerprint density at radius 3 is 2.57 bits per heavy atom. The highest BCUT2D eigenvalue weighted by Gasteiger charge is 2.33. The smallest absolute Gasteiger partial charge is 0.258 e. The van der Waals surface area contributed by atoms with Gasteiger partial charge in [0.2, 0.25) is 11.2 Å². The molecule has 21 heavy (non-hydrogen) atoms. The molecule has 3 rings (SSSR count). The van der Waals surface area contributed by atoms with Crippen LogP contribution in [0.25, 0.3) is 5.95 Å². The summed E-state index contributed by atoms with van der Waals surface area (Å²) in [6.45, 7) is 8.66. The van der Waals surface area contributed by atoms with E-state index < -0.39 is 0 Å². The van der Waals surface area contributed by atoms with Gasteiger partial charge in [0.1, 0.15) is 12.7 Å². The maximum absolute atomic E-state index is 6.02. The first-order chi connectivity index (χ1) is 9.93. The summed E-state index contributed by atoms with van der Waals surface area (Å²) < 4.78 is 1.48. The second kappa shape index (κ2) is 5.22. The largest absolute Gasteiger partial charge is 0.340 e. The van der Waals surface area contributed by atoms with Crippen LogP contribution in [0.2, 0.25) is 5.28 Å². The van der Waals surface area contributed by atoms with E-state index in [0.717, 1.165) is 19.5 Å². The maximum atomic E-state index is 6.02. The minimum atomic E-state index is 0.171. The van der Waals surface area contributed by atoms with Crippen LogP contribution in [0.4, 0.5) is 5.95 Å². The molecule has 1 aliphatic heterocycles. The summed E-state index contributed by atoms with van der Waals surface area (Å²) in [5, 5.41) is 4.20. The lowest BCUT2D eigenvalue weighted by Crippen LogP contribution is -2.27. The number of hydrogen-bond acceptors (Lipinski definition) is 6.